The van der Waals surface area contributed by atoms with Gasteiger partial charge in [0.05, 0.1) is 24.5 Å². The molecule has 1 amide bonds. The number of hydrogen-bond acceptors (Lipinski definition) is 6. The first-order valence-corrected chi connectivity index (χ1v) is 13.3. The van der Waals surface area contributed by atoms with Crippen molar-refractivity contribution in [1.29, 1.82) is 0 Å². The van der Waals surface area contributed by atoms with Gasteiger partial charge in [0.25, 0.3) is 11.7 Å². The van der Waals surface area contributed by atoms with E-state index in [-0.39, 0.29) is 11.3 Å². The van der Waals surface area contributed by atoms with Crippen LogP contribution >= 0.6 is 0 Å². The van der Waals surface area contributed by atoms with Crippen LogP contribution in [0, 0.1) is 0 Å². The van der Waals surface area contributed by atoms with Gasteiger partial charge in [-0.15, -0.1) is 0 Å². The van der Waals surface area contributed by atoms with E-state index in [0.717, 1.165) is 5.56 Å². The molecule has 2 heterocycles. The number of imidazole rings is 1. The van der Waals surface area contributed by atoms with E-state index in [4.69, 9.17) is 9.47 Å². The lowest BCUT2D eigenvalue weighted by atomic mass is 9.95. The van der Waals surface area contributed by atoms with E-state index in [0.29, 0.717) is 55.4 Å². The minimum absolute atomic E-state index is 0.0548. The molecule has 5 rings (SSSR count). The zero-order valence-corrected chi connectivity index (χ0v) is 22.3. The molecule has 0 radical (unpaired) electrons. The lowest BCUT2D eigenvalue weighted by molar-refractivity contribution is -0.139. The van der Waals surface area contributed by atoms with E-state index in [1.165, 1.54) is 4.90 Å². The molecule has 4 aromatic rings. The molecule has 0 bridgehead atoms. The molecule has 3 aromatic carbocycles. The SMILES string of the molecule is CCOc1cc(C2C(=C(O)c3ccccc3)C(=O)C(=O)N2CCCn2ccnc2)ccc1OCc1ccccc1. The van der Waals surface area contributed by atoms with Gasteiger partial charge in [0, 0.05) is 31.0 Å². The van der Waals surface area contributed by atoms with Gasteiger partial charge < -0.3 is 24.0 Å². The molecule has 0 aliphatic carbocycles. The third-order valence-electron chi connectivity index (χ3n) is 6.78. The van der Waals surface area contributed by atoms with Gasteiger partial charge >= 0.3 is 0 Å². The molecule has 1 N–H and O–H groups in total. The largest absolute Gasteiger partial charge is 0.507 e. The summed E-state index contributed by atoms with van der Waals surface area (Å²) >= 11 is 0. The lowest BCUT2D eigenvalue weighted by Gasteiger charge is -2.26. The Labute approximate surface area is 233 Å². The second-order valence-electron chi connectivity index (χ2n) is 9.43. The Morgan fingerprint density at radius 2 is 1.68 bits per heavy atom. The first-order valence-electron chi connectivity index (χ1n) is 13.3. The maximum Gasteiger partial charge on any atom is 0.295 e. The highest BCUT2D eigenvalue weighted by Crippen LogP contribution is 2.42. The molecule has 1 aliphatic heterocycles. The molecule has 8 nitrogen and oxygen atoms in total. The third-order valence-corrected chi connectivity index (χ3v) is 6.78. The van der Waals surface area contributed by atoms with Crippen LogP contribution in [0.3, 0.4) is 0 Å². The third kappa shape index (κ3) is 5.76. The Kier molecular flexibility index (Phi) is 8.25. The molecule has 0 spiro atoms. The number of benzene rings is 3. The standard InChI is InChI=1S/C32H31N3O5/c1-2-39-27-20-25(14-15-26(27)40-21-23-10-5-3-6-11-23)29-28(30(36)24-12-7-4-8-13-24)31(37)32(38)35(29)18-9-17-34-19-16-33-22-34/h3-8,10-16,19-20,22,29,36H,2,9,17-18,21H2,1H3. The van der Waals surface area contributed by atoms with E-state index >= 15 is 0 Å². The predicted molar refractivity (Wildman–Crippen MR) is 151 cm³/mol. The van der Waals surface area contributed by atoms with E-state index in [1.54, 1.807) is 48.9 Å². The molecule has 8 heteroatoms. The quantitative estimate of drug-likeness (QED) is 0.157. The smallest absolute Gasteiger partial charge is 0.295 e. The van der Waals surface area contributed by atoms with Crippen LogP contribution in [0.25, 0.3) is 5.76 Å². The molecule has 1 fully saturated rings. The monoisotopic (exact) mass is 537 g/mol. The van der Waals surface area contributed by atoms with Crippen molar-refractivity contribution in [2.75, 3.05) is 13.2 Å². The van der Waals surface area contributed by atoms with Crippen LogP contribution in [-0.2, 0) is 22.7 Å². The van der Waals surface area contributed by atoms with Crippen molar-refractivity contribution < 1.29 is 24.2 Å². The van der Waals surface area contributed by atoms with Crippen molar-refractivity contribution in [3.63, 3.8) is 0 Å². The fourth-order valence-corrected chi connectivity index (χ4v) is 4.87. The number of aliphatic hydroxyl groups is 1. The second kappa shape index (κ2) is 12.3. The van der Waals surface area contributed by atoms with Crippen LogP contribution in [0.5, 0.6) is 11.5 Å². The Bertz CT molecular complexity index is 1480. The maximum atomic E-state index is 13.4. The van der Waals surface area contributed by atoms with Crippen molar-refractivity contribution in [3.8, 4) is 11.5 Å². The van der Waals surface area contributed by atoms with Gasteiger partial charge in [0.15, 0.2) is 11.5 Å². The average Bonchev–Trinajstić information content (AvgIpc) is 3.60. The van der Waals surface area contributed by atoms with Gasteiger partial charge in [-0.2, -0.15) is 0 Å². The number of aliphatic hydroxyl groups excluding tert-OH is 1. The Balaban J connectivity index is 1.51. The number of aromatic nitrogens is 2. The van der Waals surface area contributed by atoms with Crippen LogP contribution in [0.2, 0.25) is 0 Å². The van der Waals surface area contributed by atoms with Gasteiger partial charge in [-0.1, -0.05) is 66.7 Å². The van der Waals surface area contributed by atoms with Gasteiger partial charge in [-0.3, -0.25) is 9.59 Å². The maximum absolute atomic E-state index is 13.4. The van der Waals surface area contributed by atoms with Gasteiger partial charge in [-0.05, 0) is 36.6 Å². The number of ether oxygens (including phenoxy) is 2. The summed E-state index contributed by atoms with van der Waals surface area (Å²) in [6, 6.07) is 23.2. The molecular formula is C32H31N3O5. The van der Waals surface area contributed by atoms with Crippen LogP contribution < -0.4 is 9.47 Å². The zero-order valence-electron chi connectivity index (χ0n) is 22.3. The topological polar surface area (TPSA) is 93.9 Å². The summed E-state index contributed by atoms with van der Waals surface area (Å²) in [5.74, 6) is -0.510. The van der Waals surface area contributed by atoms with Crippen LogP contribution in [0.1, 0.15) is 36.1 Å². The minimum Gasteiger partial charge on any atom is -0.507 e. The average molecular weight is 538 g/mol. The zero-order chi connectivity index (χ0) is 27.9. The van der Waals surface area contributed by atoms with Crippen LogP contribution in [0.15, 0.2) is 103 Å². The van der Waals surface area contributed by atoms with E-state index in [9.17, 15) is 14.7 Å². The van der Waals surface area contributed by atoms with Crippen molar-refractivity contribution >= 4 is 17.4 Å². The normalized spacial score (nSPS) is 16.3. The molecule has 1 aromatic heterocycles. The van der Waals surface area contributed by atoms with Gasteiger partial charge in [0.2, 0.25) is 0 Å². The van der Waals surface area contributed by atoms with Gasteiger partial charge in [-0.25, -0.2) is 4.98 Å². The number of carbonyl (C=O) groups excluding carboxylic acids is 2. The Morgan fingerprint density at radius 1 is 0.925 bits per heavy atom. The number of amides is 1. The highest BCUT2D eigenvalue weighted by molar-refractivity contribution is 6.46. The van der Waals surface area contributed by atoms with Crippen LogP contribution in [0.4, 0.5) is 0 Å². The number of nitrogens with zero attached hydrogens (tertiary/aromatic N) is 3. The summed E-state index contributed by atoms with van der Waals surface area (Å²) in [7, 11) is 0. The molecule has 1 saturated heterocycles. The molecule has 204 valence electrons. The summed E-state index contributed by atoms with van der Waals surface area (Å²) < 4.78 is 13.9. The Morgan fingerprint density at radius 3 is 2.38 bits per heavy atom. The lowest BCUT2D eigenvalue weighted by Crippen LogP contribution is -2.31. The van der Waals surface area contributed by atoms with Crippen molar-refractivity contribution in [1.82, 2.24) is 14.5 Å². The fraction of sp³-hybridized carbons (Fsp3) is 0.219. The minimum atomic E-state index is -0.787. The number of hydrogen-bond donors (Lipinski definition) is 1. The molecular weight excluding hydrogens is 506 g/mol. The molecule has 1 unspecified atom stereocenters. The van der Waals surface area contributed by atoms with E-state index in [2.05, 4.69) is 4.98 Å². The summed E-state index contributed by atoms with van der Waals surface area (Å²) in [5, 5.41) is 11.3. The number of Topliss-reactive ketones (excluding diaryl/α,β-unsaturated/α-hetero) is 1. The van der Waals surface area contributed by atoms with Crippen molar-refractivity contribution in [2.45, 2.75) is 32.5 Å². The molecule has 0 saturated carbocycles. The highest BCUT2D eigenvalue weighted by atomic mass is 16.5. The predicted octanol–water partition coefficient (Wildman–Crippen LogP) is 5.37. The number of rotatable bonds is 11. The number of likely N-dealkylation sites (tertiary alicyclic amines) is 1. The van der Waals surface area contributed by atoms with E-state index in [1.807, 2.05) is 60.2 Å². The second-order valence-corrected chi connectivity index (χ2v) is 9.43. The molecule has 1 atom stereocenters. The number of aryl methyl sites for hydroxylation is 1. The van der Waals surface area contributed by atoms with Gasteiger partial charge in [0.1, 0.15) is 12.4 Å². The first kappa shape index (κ1) is 26.7. The summed E-state index contributed by atoms with van der Waals surface area (Å²) in [4.78, 5) is 32.3. The fourth-order valence-electron chi connectivity index (χ4n) is 4.87. The summed E-state index contributed by atoms with van der Waals surface area (Å²) in [5.41, 5.74) is 2.19. The number of ketones is 1. The van der Waals surface area contributed by atoms with Crippen LogP contribution in [-0.4, -0.2) is 44.4 Å². The summed E-state index contributed by atoms with van der Waals surface area (Å²) in [6.07, 6.45) is 5.86. The first-order chi connectivity index (χ1) is 19.6. The summed E-state index contributed by atoms with van der Waals surface area (Å²) in [6.45, 7) is 3.59. The highest BCUT2D eigenvalue weighted by Gasteiger charge is 2.46. The molecule has 1 aliphatic rings. The Hall–Kier alpha value is -4.85. The molecule has 40 heavy (non-hydrogen) atoms. The van der Waals surface area contributed by atoms with Crippen molar-refractivity contribution in [3.05, 3.63) is 120 Å². The number of carbonyl (C=O) groups is 2. The van der Waals surface area contributed by atoms with E-state index < -0.39 is 17.7 Å². The van der Waals surface area contributed by atoms with Crippen molar-refractivity contribution in [2.24, 2.45) is 0 Å².